The van der Waals surface area contributed by atoms with E-state index >= 15 is 0 Å². The van der Waals surface area contributed by atoms with Crippen LogP contribution in [0.3, 0.4) is 0 Å². The Bertz CT molecular complexity index is 837. The maximum Gasteiger partial charge on any atom is 0.321 e. The van der Waals surface area contributed by atoms with E-state index < -0.39 is 40.6 Å². The number of anilines is 1. The molecule has 4 amide bonds. The number of urea groups is 1. The first kappa shape index (κ1) is 23.0. The molecule has 1 rings (SSSR count). The molecule has 154 valence electrons. The Hall–Kier alpha value is -2.99. The van der Waals surface area contributed by atoms with E-state index in [0.717, 1.165) is 0 Å². The Morgan fingerprint density at radius 1 is 1.11 bits per heavy atom. The minimum Gasteiger partial charge on any atom is -0.452 e. The Labute approximate surface area is 162 Å². The molecule has 0 bridgehead atoms. The van der Waals surface area contributed by atoms with E-state index in [4.69, 9.17) is 4.74 Å². The van der Waals surface area contributed by atoms with Gasteiger partial charge in [0.25, 0.3) is 5.91 Å². The molecule has 1 aromatic rings. The summed E-state index contributed by atoms with van der Waals surface area (Å²) in [6.07, 6.45) is -1.29. The Kier molecular flexibility index (Phi) is 8.54. The van der Waals surface area contributed by atoms with Crippen LogP contribution in [0.1, 0.15) is 20.8 Å². The number of ether oxygens (including phenoxy) is 1. The van der Waals surface area contributed by atoms with Gasteiger partial charge in [0.1, 0.15) is 6.54 Å². The number of nitrogens with one attached hydrogen (secondary N) is 4. The molecule has 0 aliphatic heterocycles. The largest absolute Gasteiger partial charge is 0.452 e. The molecule has 0 aliphatic carbocycles. The van der Waals surface area contributed by atoms with Crippen molar-refractivity contribution in [2.24, 2.45) is 0 Å². The second-order valence-electron chi connectivity index (χ2n) is 5.51. The van der Waals surface area contributed by atoms with E-state index in [9.17, 15) is 27.6 Å². The topological polar surface area (TPSA) is 160 Å². The lowest BCUT2D eigenvalue weighted by molar-refractivity contribution is -0.153. The van der Waals surface area contributed by atoms with E-state index in [1.807, 2.05) is 10.0 Å². The second kappa shape index (κ2) is 10.4. The van der Waals surface area contributed by atoms with Crippen LogP contribution in [0.2, 0.25) is 0 Å². The Morgan fingerprint density at radius 3 is 2.25 bits per heavy atom. The van der Waals surface area contributed by atoms with Crippen molar-refractivity contribution in [2.45, 2.75) is 31.8 Å². The summed E-state index contributed by atoms with van der Waals surface area (Å²) in [6, 6.07) is 4.55. The van der Waals surface area contributed by atoms with E-state index in [1.165, 1.54) is 38.1 Å². The Balaban J connectivity index is 2.57. The molecule has 0 heterocycles. The van der Waals surface area contributed by atoms with Crippen molar-refractivity contribution < 1.29 is 32.3 Å². The molecular formula is C16H22N4O7S. The van der Waals surface area contributed by atoms with Crippen LogP contribution in [0.5, 0.6) is 0 Å². The molecule has 11 nitrogen and oxygen atoms in total. The number of benzene rings is 1. The van der Waals surface area contributed by atoms with Gasteiger partial charge in [-0.05, 0) is 38.1 Å². The molecule has 4 N–H and O–H groups in total. The minimum atomic E-state index is -4.01. The van der Waals surface area contributed by atoms with Gasteiger partial charge in [-0.3, -0.25) is 19.7 Å². The molecule has 0 radical (unpaired) electrons. The summed E-state index contributed by atoms with van der Waals surface area (Å²) in [6.45, 7) is 3.80. The summed E-state index contributed by atoms with van der Waals surface area (Å²) >= 11 is 0. The molecule has 0 saturated carbocycles. The van der Waals surface area contributed by atoms with E-state index in [-0.39, 0.29) is 10.8 Å². The number of rotatable bonds is 8. The summed E-state index contributed by atoms with van der Waals surface area (Å²) in [5.41, 5.74) is 0.415. The van der Waals surface area contributed by atoms with Crippen molar-refractivity contribution in [2.75, 3.05) is 18.4 Å². The highest BCUT2D eigenvalue weighted by Crippen LogP contribution is 2.13. The maximum atomic E-state index is 12.2. The van der Waals surface area contributed by atoms with Crippen LogP contribution < -0.4 is 20.7 Å². The second-order valence-corrected chi connectivity index (χ2v) is 7.28. The first-order valence-corrected chi connectivity index (χ1v) is 9.69. The van der Waals surface area contributed by atoms with Crippen LogP contribution in [0.15, 0.2) is 29.2 Å². The highest BCUT2D eigenvalue weighted by molar-refractivity contribution is 7.89. The van der Waals surface area contributed by atoms with E-state index in [0.29, 0.717) is 12.2 Å². The molecule has 1 atom stereocenters. The van der Waals surface area contributed by atoms with Gasteiger partial charge in [0.2, 0.25) is 15.9 Å². The molecule has 0 aliphatic rings. The Morgan fingerprint density at radius 2 is 1.71 bits per heavy atom. The van der Waals surface area contributed by atoms with Gasteiger partial charge in [0.05, 0.1) is 4.90 Å². The maximum absolute atomic E-state index is 12.2. The zero-order chi connectivity index (χ0) is 21.3. The van der Waals surface area contributed by atoms with Crippen LogP contribution in [0, 0.1) is 0 Å². The number of carbonyl (C=O) groups is 4. The standard InChI is InChI=1S/C16H22N4O7S/c1-4-17-16(24)20-15(23)10(2)27-14(22)9-18-28(25,26)13-7-5-12(6-8-13)19-11(3)21/h5-8,10,18H,4,9H2,1-3H3,(H,19,21)(H2,17,20,23,24). The number of carbonyl (C=O) groups excluding carboxylic acids is 4. The zero-order valence-corrected chi connectivity index (χ0v) is 16.4. The first-order valence-electron chi connectivity index (χ1n) is 8.20. The number of imide groups is 1. The third-order valence-corrected chi connectivity index (χ3v) is 4.56. The van der Waals surface area contributed by atoms with Crippen molar-refractivity contribution in [1.82, 2.24) is 15.4 Å². The highest BCUT2D eigenvalue weighted by Gasteiger charge is 2.21. The fraction of sp³-hybridized carbons (Fsp3) is 0.375. The van der Waals surface area contributed by atoms with Crippen molar-refractivity contribution in [3.63, 3.8) is 0 Å². The number of hydrogen-bond donors (Lipinski definition) is 4. The molecule has 0 fully saturated rings. The number of sulfonamides is 1. The van der Waals surface area contributed by atoms with Gasteiger partial charge in [-0.2, -0.15) is 4.72 Å². The van der Waals surface area contributed by atoms with Gasteiger partial charge in [-0.25, -0.2) is 13.2 Å². The van der Waals surface area contributed by atoms with Crippen molar-refractivity contribution in [3.8, 4) is 0 Å². The summed E-state index contributed by atoms with van der Waals surface area (Å²) in [7, 11) is -4.01. The van der Waals surface area contributed by atoms with Crippen LogP contribution in [0.4, 0.5) is 10.5 Å². The SMILES string of the molecule is CCNC(=O)NC(=O)C(C)OC(=O)CNS(=O)(=O)c1ccc(NC(C)=O)cc1. The van der Waals surface area contributed by atoms with Gasteiger partial charge in [-0.1, -0.05) is 0 Å². The monoisotopic (exact) mass is 414 g/mol. The predicted octanol–water partition coefficient (Wildman–Crippen LogP) is -0.299. The van der Waals surface area contributed by atoms with Crippen LogP contribution in [-0.2, 0) is 29.1 Å². The average Bonchev–Trinajstić information content (AvgIpc) is 2.60. The quantitative estimate of drug-likeness (QED) is 0.425. The van der Waals surface area contributed by atoms with Gasteiger partial charge >= 0.3 is 12.0 Å². The predicted molar refractivity (Wildman–Crippen MR) is 98.7 cm³/mol. The number of esters is 1. The minimum absolute atomic E-state index is 0.128. The zero-order valence-electron chi connectivity index (χ0n) is 15.6. The molecule has 0 aromatic heterocycles. The third-order valence-electron chi connectivity index (χ3n) is 3.14. The lowest BCUT2D eigenvalue weighted by atomic mass is 10.3. The average molecular weight is 414 g/mol. The lowest BCUT2D eigenvalue weighted by Crippen LogP contribution is -2.45. The third kappa shape index (κ3) is 7.72. The van der Waals surface area contributed by atoms with Gasteiger partial charge in [-0.15, -0.1) is 0 Å². The molecule has 1 unspecified atom stereocenters. The van der Waals surface area contributed by atoms with Gasteiger partial charge < -0.3 is 15.4 Å². The number of hydrogen-bond acceptors (Lipinski definition) is 7. The van der Waals surface area contributed by atoms with Crippen LogP contribution >= 0.6 is 0 Å². The molecule has 0 spiro atoms. The molecular weight excluding hydrogens is 392 g/mol. The van der Waals surface area contributed by atoms with Crippen molar-refractivity contribution in [3.05, 3.63) is 24.3 Å². The molecule has 12 heteroatoms. The smallest absolute Gasteiger partial charge is 0.321 e. The summed E-state index contributed by atoms with van der Waals surface area (Å²) < 4.78 is 31.2. The van der Waals surface area contributed by atoms with E-state index in [1.54, 1.807) is 6.92 Å². The number of amides is 4. The highest BCUT2D eigenvalue weighted by atomic mass is 32.2. The summed E-state index contributed by atoms with van der Waals surface area (Å²) in [5, 5.41) is 6.80. The fourth-order valence-corrected chi connectivity index (χ4v) is 2.84. The van der Waals surface area contributed by atoms with Crippen LogP contribution in [-0.4, -0.2) is 51.4 Å². The molecule has 28 heavy (non-hydrogen) atoms. The molecule has 0 saturated heterocycles. The summed E-state index contributed by atoms with van der Waals surface area (Å²) in [5.74, 6) is -2.16. The van der Waals surface area contributed by atoms with Crippen LogP contribution in [0.25, 0.3) is 0 Å². The van der Waals surface area contributed by atoms with Gasteiger partial charge in [0, 0.05) is 19.2 Å². The lowest BCUT2D eigenvalue weighted by Gasteiger charge is -2.13. The van der Waals surface area contributed by atoms with Gasteiger partial charge in [0.15, 0.2) is 6.10 Å². The first-order chi connectivity index (χ1) is 13.0. The normalized spacial score (nSPS) is 11.8. The summed E-state index contributed by atoms with van der Waals surface area (Å²) in [4.78, 5) is 45.5. The molecule has 1 aromatic carbocycles. The van der Waals surface area contributed by atoms with Crippen molar-refractivity contribution >= 4 is 39.5 Å². The van der Waals surface area contributed by atoms with E-state index in [2.05, 4.69) is 10.6 Å². The van der Waals surface area contributed by atoms with Crippen molar-refractivity contribution in [1.29, 1.82) is 0 Å². The fourth-order valence-electron chi connectivity index (χ4n) is 1.87.